The van der Waals surface area contributed by atoms with Gasteiger partial charge in [-0.1, -0.05) is 35.8 Å². The average molecular weight is 371 g/mol. The molecule has 1 aromatic heterocycles. The quantitative estimate of drug-likeness (QED) is 0.821. The highest BCUT2D eigenvalue weighted by Crippen LogP contribution is 2.25. The minimum absolute atomic E-state index is 0.147. The van der Waals surface area contributed by atoms with Crippen molar-refractivity contribution in [1.29, 1.82) is 0 Å². The van der Waals surface area contributed by atoms with Crippen molar-refractivity contribution in [1.82, 2.24) is 9.71 Å². The van der Waals surface area contributed by atoms with Gasteiger partial charge in [0.2, 0.25) is 10.0 Å². The highest BCUT2D eigenvalue weighted by atomic mass is 79.9. The second-order valence-corrected chi connectivity index (χ2v) is 8.20. The Morgan fingerprint density at radius 3 is 2.67 bits per heavy atom. The van der Waals surface area contributed by atoms with Crippen molar-refractivity contribution in [3.8, 4) is 0 Å². The van der Waals surface area contributed by atoms with Crippen molar-refractivity contribution in [2.45, 2.75) is 25.7 Å². The average Bonchev–Trinajstić information content (AvgIpc) is 2.46. The molecule has 0 saturated carbocycles. The van der Waals surface area contributed by atoms with E-state index in [1.807, 2.05) is 20.8 Å². The van der Waals surface area contributed by atoms with E-state index in [1.54, 1.807) is 30.5 Å². The molecule has 0 amide bonds. The van der Waals surface area contributed by atoms with Crippen LogP contribution in [0.15, 0.2) is 35.4 Å². The van der Waals surface area contributed by atoms with Crippen LogP contribution in [0.2, 0.25) is 0 Å². The molecule has 0 unspecified atom stereocenters. The zero-order chi connectivity index (χ0) is 15.7. The van der Waals surface area contributed by atoms with Gasteiger partial charge < -0.3 is 0 Å². The van der Waals surface area contributed by atoms with Gasteiger partial charge in [-0.05, 0) is 36.1 Å². The van der Waals surface area contributed by atoms with E-state index in [2.05, 4.69) is 25.6 Å². The molecule has 0 fully saturated rings. The minimum Gasteiger partial charge on any atom is -0.256 e. The van der Waals surface area contributed by atoms with Crippen molar-refractivity contribution in [3.63, 3.8) is 0 Å². The van der Waals surface area contributed by atoms with Crippen LogP contribution in [0.4, 0.5) is 0 Å². The summed E-state index contributed by atoms with van der Waals surface area (Å²) < 4.78 is 27.8. The molecule has 0 radical (unpaired) electrons. The van der Waals surface area contributed by atoms with Crippen molar-refractivity contribution < 1.29 is 8.42 Å². The number of nitrogens with one attached hydrogen (secondary N) is 1. The summed E-state index contributed by atoms with van der Waals surface area (Å²) in [5, 5.41) is 1.38. The fourth-order valence-corrected chi connectivity index (χ4v) is 3.57. The summed E-state index contributed by atoms with van der Waals surface area (Å²) in [5.41, 5.74) is 1.54. The van der Waals surface area contributed by atoms with Crippen LogP contribution in [0.5, 0.6) is 0 Å². The zero-order valence-corrected chi connectivity index (χ0v) is 14.8. The lowest BCUT2D eigenvalue weighted by atomic mass is 9.98. The van der Waals surface area contributed by atoms with Gasteiger partial charge in [0, 0.05) is 23.5 Å². The Hall–Kier alpha value is -0.980. The lowest BCUT2D eigenvalue weighted by molar-refractivity contribution is 0.420. The molecule has 0 bridgehead atoms. The third kappa shape index (κ3) is 3.62. The minimum atomic E-state index is -3.56. The molecule has 1 N–H and O–H groups in total. The van der Waals surface area contributed by atoms with Gasteiger partial charge in [-0.15, -0.1) is 0 Å². The normalized spacial score (nSPS) is 12.8. The van der Waals surface area contributed by atoms with Gasteiger partial charge in [0.05, 0.1) is 10.4 Å². The number of sulfonamides is 1. The van der Waals surface area contributed by atoms with Crippen molar-refractivity contribution in [2.75, 3.05) is 11.9 Å². The second kappa shape index (κ2) is 6.02. The molecule has 2 aromatic rings. The van der Waals surface area contributed by atoms with Crippen LogP contribution in [-0.4, -0.2) is 25.3 Å². The van der Waals surface area contributed by atoms with Crippen molar-refractivity contribution in [3.05, 3.63) is 36.0 Å². The molecule has 0 aliphatic heterocycles. The van der Waals surface area contributed by atoms with E-state index in [1.165, 1.54) is 0 Å². The molecule has 0 atom stereocenters. The maximum atomic E-state index is 12.6. The highest BCUT2D eigenvalue weighted by molar-refractivity contribution is 9.09. The van der Waals surface area contributed by atoms with Gasteiger partial charge in [-0.3, -0.25) is 4.98 Å². The summed E-state index contributed by atoms with van der Waals surface area (Å²) in [6.45, 7) is 6.29. The maximum absolute atomic E-state index is 12.6. The first-order chi connectivity index (χ1) is 9.77. The number of hydrogen-bond acceptors (Lipinski definition) is 3. The lowest BCUT2D eigenvalue weighted by Crippen LogP contribution is -2.35. The number of benzene rings is 1. The van der Waals surface area contributed by atoms with Gasteiger partial charge in [-0.25, -0.2) is 13.1 Å². The molecule has 6 heteroatoms. The van der Waals surface area contributed by atoms with Crippen LogP contribution in [0.3, 0.4) is 0 Å². The van der Waals surface area contributed by atoms with Gasteiger partial charge in [0.15, 0.2) is 0 Å². The topological polar surface area (TPSA) is 59.1 Å². The van der Waals surface area contributed by atoms with E-state index < -0.39 is 10.0 Å². The Balaban J connectivity index is 2.44. The number of rotatable bonds is 5. The van der Waals surface area contributed by atoms with Crippen LogP contribution >= 0.6 is 15.9 Å². The fourth-order valence-electron chi connectivity index (χ4n) is 1.94. The van der Waals surface area contributed by atoms with E-state index in [4.69, 9.17) is 0 Å². The number of pyridine rings is 1. The zero-order valence-electron chi connectivity index (χ0n) is 12.4. The predicted molar refractivity (Wildman–Crippen MR) is 89.2 cm³/mol. The van der Waals surface area contributed by atoms with Crippen LogP contribution in [0.1, 0.15) is 19.4 Å². The first-order valence-corrected chi connectivity index (χ1v) is 9.27. The molecule has 1 heterocycles. The number of hydrogen-bond donors (Lipinski definition) is 1. The standard InChI is InChI=1S/C15H19BrN2O2S/c1-11-6-7-13(12-5-4-8-17-14(11)12)21(19,20)18-10-15(2,3)9-16/h4-8,18H,9-10H2,1-3H3. The summed E-state index contributed by atoms with van der Waals surface area (Å²) in [6, 6.07) is 6.98. The largest absolute Gasteiger partial charge is 0.256 e. The number of alkyl halides is 1. The Morgan fingerprint density at radius 1 is 1.29 bits per heavy atom. The molecule has 114 valence electrons. The first-order valence-electron chi connectivity index (χ1n) is 6.67. The Bertz CT molecular complexity index is 757. The van der Waals surface area contributed by atoms with Crippen LogP contribution < -0.4 is 4.72 Å². The van der Waals surface area contributed by atoms with E-state index in [-0.39, 0.29) is 10.3 Å². The molecule has 21 heavy (non-hydrogen) atoms. The summed E-state index contributed by atoms with van der Waals surface area (Å²) >= 11 is 3.40. The summed E-state index contributed by atoms with van der Waals surface area (Å²) in [6.07, 6.45) is 1.67. The number of aromatic nitrogens is 1. The molecule has 0 aliphatic carbocycles. The van der Waals surface area contributed by atoms with Gasteiger partial charge in [0.25, 0.3) is 0 Å². The molecule has 1 aromatic carbocycles. The molecule has 0 aliphatic rings. The Labute approximate surface area is 134 Å². The maximum Gasteiger partial charge on any atom is 0.241 e. The van der Waals surface area contributed by atoms with E-state index >= 15 is 0 Å². The third-order valence-corrected chi connectivity index (χ3v) is 6.30. The van der Waals surface area contributed by atoms with Crippen LogP contribution in [0, 0.1) is 12.3 Å². The van der Waals surface area contributed by atoms with E-state index in [0.29, 0.717) is 11.9 Å². The smallest absolute Gasteiger partial charge is 0.241 e. The summed E-state index contributed by atoms with van der Waals surface area (Å²) in [4.78, 5) is 4.56. The Morgan fingerprint density at radius 2 is 2.00 bits per heavy atom. The second-order valence-electron chi connectivity index (χ2n) is 5.90. The molecule has 2 rings (SSSR count). The number of fused-ring (bicyclic) bond motifs is 1. The molecule has 4 nitrogen and oxygen atoms in total. The van der Waals surface area contributed by atoms with Gasteiger partial charge in [0.1, 0.15) is 0 Å². The summed E-state index contributed by atoms with van der Waals surface area (Å²) in [7, 11) is -3.56. The number of halogens is 1. The van der Waals surface area contributed by atoms with E-state index in [9.17, 15) is 8.42 Å². The highest BCUT2D eigenvalue weighted by Gasteiger charge is 2.23. The first kappa shape index (κ1) is 16.4. The third-order valence-electron chi connectivity index (χ3n) is 3.32. The SMILES string of the molecule is Cc1ccc(S(=O)(=O)NCC(C)(C)CBr)c2cccnc12. The molecular weight excluding hydrogens is 352 g/mol. The molecule has 0 spiro atoms. The van der Waals surface area contributed by atoms with Gasteiger partial charge in [-0.2, -0.15) is 0 Å². The summed E-state index contributed by atoms with van der Waals surface area (Å²) in [5.74, 6) is 0. The van der Waals surface area contributed by atoms with Crippen LogP contribution in [-0.2, 0) is 10.0 Å². The predicted octanol–water partition coefficient (Wildman–Crippen LogP) is 3.24. The monoisotopic (exact) mass is 370 g/mol. The molecular formula is C15H19BrN2O2S. The van der Waals surface area contributed by atoms with Crippen LogP contribution in [0.25, 0.3) is 10.9 Å². The van der Waals surface area contributed by atoms with Crippen molar-refractivity contribution >= 4 is 36.9 Å². The fraction of sp³-hybridized carbons (Fsp3) is 0.400. The Kier molecular flexibility index (Phi) is 4.70. The van der Waals surface area contributed by atoms with E-state index in [0.717, 1.165) is 16.4 Å². The van der Waals surface area contributed by atoms with Gasteiger partial charge >= 0.3 is 0 Å². The lowest BCUT2D eigenvalue weighted by Gasteiger charge is -2.22. The van der Waals surface area contributed by atoms with Crippen molar-refractivity contribution in [2.24, 2.45) is 5.41 Å². The number of nitrogens with zero attached hydrogens (tertiary/aromatic N) is 1. The number of aryl methyl sites for hydroxylation is 1. The molecule has 0 saturated heterocycles.